The zero-order valence-corrected chi connectivity index (χ0v) is 28.5. The number of benzene rings is 3. The number of rotatable bonds is 6. The number of halogens is 1. The first-order valence-corrected chi connectivity index (χ1v) is 17.8. The van der Waals surface area contributed by atoms with Gasteiger partial charge in [-0.15, -0.1) is 0 Å². The lowest BCUT2D eigenvalue weighted by molar-refractivity contribution is -0.142. The fraction of sp³-hybridized carbons (Fsp3) is 0.333. The number of ketones is 1. The molecule has 49 heavy (non-hydrogen) atoms. The van der Waals surface area contributed by atoms with E-state index in [1.807, 2.05) is 65.4 Å². The maximum Gasteiger partial charge on any atom is 0.407 e. The number of Topliss-reactive ketones (excluding diaryl/α,β-unsaturated/α-hetero) is 1. The van der Waals surface area contributed by atoms with Crippen molar-refractivity contribution < 1.29 is 23.9 Å². The van der Waals surface area contributed by atoms with Crippen molar-refractivity contribution in [3.63, 3.8) is 0 Å². The number of fused-ring (bicyclic) bond motifs is 3. The van der Waals surface area contributed by atoms with Crippen LogP contribution < -0.4 is 10.6 Å². The summed E-state index contributed by atoms with van der Waals surface area (Å²) in [6.07, 6.45) is 4.05. The minimum Gasteiger partial charge on any atom is -0.449 e. The highest BCUT2D eigenvalue weighted by atomic mass is 79.9. The molecule has 1 saturated heterocycles. The van der Waals surface area contributed by atoms with Gasteiger partial charge in [0.2, 0.25) is 11.8 Å². The summed E-state index contributed by atoms with van der Waals surface area (Å²) < 4.78 is 8.79. The lowest BCUT2D eigenvalue weighted by atomic mass is 9.79. The standard InChI is InChI=1S/C39H37BrN4O5/c40-25-12-14-26(15-13-25)41-37(46)33-10-5-18-44(33)38(47)24-20-34(45)35-32(16-11-23-17-19-43(21-24)36(23)35)42-39(48)49-22-31-29-8-3-1-6-27(29)28-7-2-4-9-30(28)31/h1-4,6-9,12-15,17,19,24,31-33,35H,5,10-11,16,18,20-22H2,(H,41,46)(H,42,48)/t24-,32-,33-,35?/m0/s1. The molecule has 0 saturated carbocycles. The highest BCUT2D eigenvalue weighted by molar-refractivity contribution is 9.10. The summed E-state index contributed by atoms with van der Waals surface area (Å²) >= 11 is 3.41. The quantitative estimate of drug-likeness (QED) is 0.240. The van der Waals surface area contributed by atoms with Crippen molar-refractivity contribution in [3.8, 4) is 11.1 Å². The van der Waals surface area contributed by atoms with Gasteiger partial charge in [-0.2, -0.15) is 0 Å². The summed E-state index contributed by atoms with van der Waals surface area (Å²) in [6, 6.07) is 24.7. The minimum absolute atomic E-state index is 0.0467. The number of alkyl carbamates (subject to hydrolysis) is 1. The lowest BCUT2D eigenvalue weighted by Gasteiger charge is -2.31. The normalized spacial score (nSPS) is 22.5. The van der Waals surface area contributed by atoms with Gasteiger partial charge in [-0.25, -0.2) is 4.79 Å². The topological polar surface area (TPSA) is 110 Å². The van der Waals surface area contributed by atoms with Crippen molar-refractivity contribution in [1.29, 1.82) is 0 Å². The highest BCUT2D eigenvalue weighted by Crippen LogP contribution is 2.45. The van der Waals surface area contributed by atoms with Crippen molar-refractivity contribution in [2.45, 2.75) is 62.6 Å². The lowest BCUT2D eigenvalue weighted by Crippen LogP contribution is -2.47. The van der Waals surface area contributed by atoms with Gasteiger partial charge < -0.3 is 24.8 Å². The number of hydrogen-bond acceptors (Lipinski definition) is 5. The molecule has 0 bridgehead atoms. The second-order valence-electron chi connectivity index (χ2n) is 13.5. The molecule has 4 atom stereocenters. The number of amides is 3. The number of nitrogens with zero attached hydrogens (tertiary/aromatic N) is 2. The zero-order valence-electron chi connectivity index (χ0n) is 26.9. The van der Waals surface area contributed by atoms with E-state index in [1.165, 1.54) is 0 Å². The van der Waals surface area contributed by atoms with Gasteiger partial charge in [0.1, 0.15) is 18.4 Å². The fourth-order valence-corrected chi connectivity index (χ4v) is 8.67. The predicted molar refractivity (Wildman–Crippen MR) is 188 cm³/mol. The molecule has 3 amide bonds. The second-order valence-corrected chi connectivity index (χ2v) is 14.4. The van der Waals surface area contributed by atoms with Crippen molar-refractivity contribution in [2.24, 2.45) is 5.92 Å². The molecular formula is C39H37BrN4O5. The van der Waals surface area contributed by atoms with Crippen LogP contribution in [0.5, 0.6) is 0 Å². The van der Waals surface area contributed by atoms with Crippen LogP contribution in [0.3, 0.4) is 0 Å². The van der Waals surface area contributed by atoms with Crippen molar-refractivity contribution in [3.05, 3.63) is 112 Å². The Morgan fingerprint density at radius 1 is 0.898 bits per heavy atom. The highest BCUT2D eigenvalue weighted by Gasteiger charge is 2.45. The van der Waals surface area contributed by atoms with Gasteiger partial charge >= 0.3 is 6.09 Å². The number of nitrogens with one attached hydrogen (secondary N) is 2. The van der Waals surface area contributed by atoms with Crippen LogP contribution in [0, 0.1) is 5.92 Å². The molecule has 4 aliphatic rings. The van der Waals surface area contributed by atoms with E-state index in [-0.39, 0.29) is 36.5 Å². The van der Waals surface area contributed by atoms with E-state index in [2.05, 4.69) is 50.8 Å². The molecule has 2 N–H and O–H groups in total. The smallest absolute Gasteiger partial charge is 0.407 e. The molecule has 2 aliphatic carbocycles. The summed E-state index contributed by atoms with van der Waals surface area (Å²) in [6.45, 7) is 1.02. The Kier molecular flexibility index (Phi) is 8.35. The molecule has 3 heterocycles. The molecule has 1 unspecified atom stereocenters. The van der Waals surface area contributed by atoms with Crippen LogP contribution in [-0.2, 0) is 32.1 Å². The first-order chi connectivity index (χ1) is 23.9. The molecule has 0 radical (unpaired) electrons. The van der Waals surface area contributed by atoms with Gasteiger partial charge in [0.25, 0.3) is 0 Å². The molecule has 10 heteroatoms. The summed E-state index contributed by atoms with van der Waals surface area (Å²) in [5.41, 5.74) is 7.21. The first-order valence-electron chi connectivity index (χ1n) is 17.0. The Morgan fingerprint density at radius 2 is 1.61 bits per heavy atom. The van der Waals surface area contributed by atoms with Crippen LogP contribution in [0.1, 0.15) is 59.9 Å². The number of aryl methyl sites for hydroxylation is 1. The van der Waals surface area contributed by atoms with E-state index in [0.29, 0.717) is 38.0 Å². The predicted octanol–water partition coefficient (Wildman–Crippen LogP) is 6.41. The monoisotopic (exact) mass is 720 g/mol. The van der Waals surface area contributed by atoms with Crippen LogP contribution in [0.25, 0.3) is 11.1 Å². The van der Waals surface area contributed by atoms with Crippen LogP contribution in [0.4, 0.5) is 10.5 Å². The van der Waals surface area contributed by atoms with Gasteiger partial charge in [0.05, 0.1) is 11.8 Å². The van der Waals surface area contributed by atoms with E-state index in [4.69, 9.17) is 4.74 Å². The molecule has 3 aromatic carbocycles. The number of aromatic nitrogens is 1. The first kappa shape index (κ1) is 31.6. The largest absolute Gasteiger partial charge is 0.449 e. The second kappa shape index (κ2) is 13.0. The average molecular weight is 722 g/mol. The summed E-state index contributed by atoms with van der Waals surface area (Å²) in [5.74, 6) is -1.72. The molecule has 9 nitrogen and oxygen atoms in total. The van der Waals surface area contributed by atoms with Gasteiger partial charge in [0, 0.05) is 53.5 Å². The average Bonchev–Trinajstić information content (AvgIpc) is 3.82. The van der Waals surface area contributed by atoms with E-state index in [0.717, 1.165) is 44.4 Å². The van der Waals surface area contributed by atoms with Crippen molar-refractivity contribution >= 4 is 45.3 Å². The van der Waals surface area contributed by atoms with Crippen LogP contribution in [-0.4, -0.2) is 58.4 Å². The number of likely N-dealkylation sites (tertiary alicyclic amines) is 1. The molecule has 8 rings (SSSR count). The third-order valence-corrected chi connectivity index (χ3v) is 11.2. The SMILES string of the molecule is O=C(N[C@H]1CCc2ccn3c2C1C(=O)C[C@H](C(=O)N1CCC[C@H]1C(=O)Nc1ccc(Br)cc1)C3)OCC1c2ccccc2-c2ccccc21. The Morgan fingerprint density at radius 3 is 2.35 bits per heavy atom. The minimum atomic E-state index is -0.606. The number of carbonyl (C=O) groups is 4. The van der Waals surface area contributed by atoms with Crippen molar-refractivity contribution in [1.82, 2.24) is 14.8 Å². The number of carbonyl (C=O) groups excluding carboxylic acids is 4. The summed E-state index contributed by atoms with van der Waals surface area (Å²) in [7, 11) is 0. The third-order valence-electron chi connectivity index (χ3n) is 10.7. The Bertz CT molecular complexity index is 1910. The van der Waals surface area contributed by atoms with Gasteiger partial charge in [-0.05, 0) is 83.8 Å². The molecule has 1 aromatic heterocycles. The molecule has 0 spiro atoms. The van der Waals surface area contributed by atoms with Crippen molar-refractivity contribution in [2.75, 3.05) is 18.5 Å². The van der Waals surface area contributed by atoms with E-state index < -0.39 is 30.0 Å². The van der Waals surface area contributed by atoms with Gasteiger partial charge in [-0.3, -0.25) is 14.4 Å². The molecular weight excluding hydrogens is 684 g/mol. The number of ether oxygens (including phenoxy) is 1. The maximum atomic E-state index is 14.1. The number of hydrogen-bond donors (Lipinski definition) is 2. The van der Waals surface area contributed by atoms with E-state index in [9.17, 15) is 19.2 Å². The third kappa shape index (κ3) is 5.86. The Hall–Kier alpha value is -4.70. The molecule has 1 fully saturated rings. The molecule has 2 aliphatic heterocycles. The number of anilines is 1. The Labute approximate surface area is 293 Å². The Balaban J connectivity index is 0.954. The van der Waals surface area contributed by atoms with E-state index in [1.54, 1.807) is 4.90 Å². The van der Waals surface area contributed by atoms with Crippen LogP contribution in [0.2, 0.25) is 0 Å². The van der Waals surface area contributed by atoms with Gasteiger partial charge in [-0.1, -0.05) is 64.5 Å². The summed E-state index contributed by atoms with van der Waals surface area (Å²) in [5, 5.41) is 5.99. The van der Waals surface area contributed by atoms with Gasteiger partial charge in [0.15, 0.2) is 0 Å². The summed E-state index contributed by atoms with van der Waals surface area (Å²) in [4.78, 5) is 56.4. The fourth-order valence-electron chi connectivity index (χ4n) is 8.40. The maximum absolute atomic E-state index is 14.1. The van der Waals surface area contributed by atoms with Crippen LogP contribution in [0.15, 0.2) is 89.5 Å². The molecule has 250 valence electrons. The molecule has 4 aromatic rings. The van der Waals surface area contributed by atoms with E-state index >= 15 is 0 Å². The zero-order chi connectivity index (χ0) is 33.6. The van der Waals surface area contributed by atoms with Crippen LogP contribution >= 0.6 is 15.9 Å².